The Kier molecular flexibility index (Phi) is 15.3. The molecule has 0 saturated heterocycles. The Morgan fingerprint density at radius 3 is 2.29 bits per heavy atom. The average Bonchev–Trinajstić information content (AvgIpc) is 2.49. The molecule has 0 radical (unpaired) electrons. The van der Waals surface area contributed by atoms with E-state index in [0.717, 1.165) is 25.9 Å². The van der Waals surface area contributed by atoms with Gasteiger partial charge in [-0.2, -0.15) is 0 Å². The van der Waals surface area contributed by atoms with E-state index in [1.54, 1.807) is 0 Å². The Morgan fingerprint density at radius 2 is 1.57 bits per heavy atom. The van der Waals surface area contributed by atoms with Crippen molar-refractivity contribution in [3.8, 4) is 0 Å². The molecule has 4 heteroatoms. The van der Waals surface area contributed by atoms with Gasteiger partial charge in [-0.25, -0.2) is 0 Å². The molecule has 0 aromatic rings. The van der Waals surface area contributed by atoms with Gasteiger partial charge in [0.15, 0.2) is 0 Å². The van der Waals surface area contributed by atoms with Crippen LogP contribution in [0, 0.1) is 5.92 Å². The largest absolute Gasteiger partial charge is 0.463 e. The molecule has 0 spiro atoms. The Labute approximate surface area is 130 Å². The minimum Gasteiger partial charge on any atom is -0.463 e. The molecule has 0 aliphatic carbocycles. The summed E-state index contributed by atoms with van der Waals surface area (Å²) in [5.74, 6) is 0.492. The van der Waals surface area contributed by atoms with Crippen LogP contribution in [0.2, 0.25) is 0 Å². The van der Waals surface area contributed by atoms with E-state index in [9.17, 15) is 4.79 Å². The smallest absolute Gasteiger partial charge is 0.305 e. The van der Waals surface area contributed by atoms with Crippen LogP contribution in [-0.2, 0) is 19.0 Å². The third-order valence-corrected chi connectivity index (χ3v) is 3.45. The molecule has 0 heterocycles. The van der Waals surface area contributed by atoms with E-state index >= 15 is 0 Å². The van der Waals surface area contributed by atoms with Crippen molar-refractivity contribution in [2.24, 2.45) is 5.92 Å². The second kappa shape index (κ2) is 15.8. The predicted molar refractivity (Wildman–Crippen MR) is 85.4 cm³/mol. The van der Waals surface area contributed by atoms with Crippen molar-refractivity contribution in [3.63, 3.8) is 0 Å². The average molecular weight is 302 g/mol. The van der Waals surface area contributed by atoms with Gasteiger partial charge in [0.05, 0.1) is 19.8 Å². The van der Waals surface area contributed by atoms with E-state index in [4.69, 9.17) is 14.2 Å². The Balaban J connectivity index is 3.18. The van der Waals surface area contributed by atoms with Gasteiger partial charge in [0.2, 0.25) is 0 Å². The highest BCUT2D eigenvalue weighted by Gasteiger charge is 2.02. The first-order chi connectivity index (χ1) is 10.2. The summed E-state index contributed by atoms with van der Waals surface area (Å²) in [6.07, 6.45) is 7.40. The maximum Gasteiger partial charge on any atom is 0.305 e. The summed E-state index contributed by atoms with van der Waals surface area (Å²) in [5.41, 5.74) is 0. The monoisotopic (exact) mass is 302 g/mol. The van der Waals surface area contributed by atoms with Crippen LogP contribution >= 0.6 is 0 Å². The fourth-order valence-corrected chi connectivity index (χ4v) is 1.78. The second-order valence-corrected chi connectivity index (χ2v) is 5.59. The molecule has 1 atom stereocenters. The molecule has 126 valence electrons. The highest BCUT2D eigenvalue weighted by Crippen LogP contribution is 2.05. The Bertz CT molecular complexity index is 231. The van der Waals surface area contributed by atoms with Gasteiger partial charge in [-0.1, -0.05) is 52.9 Å². The minimum absolute atomic E-state index is 0.108. The zero-order valence-electron chi connectivity index (χ0n) is 14.2. The first-order valence-electron chi connectivity index (χ1n) is 8.51. The zero-order chi connectivity index (χ0) is 15.8. The van der Waals surface area contributed by atoms with E-state index in [1.165, 1.54) is 19.3 Å². The van der Waals surface area contributed by atoms with E-state index in [0.29, 0.717) is 38.8 Å². The lowest BCUT2D eigenvalue weighted by molar-refractivity contribution is -0.145. The van der Waals surface area contributed by atoms with Crippen LogP contribution in [0.3, 0.4) is 0 Å². The number of hydrogen-bond acceptors (Lipinski definition) is 4. The van der Waals surface area contributed by atoms with Crippen molar-refractivity contribution in [2.75, 3.05) is 33.0 Å². The van der Waals surface area contributed by atoms with Gasteiger partial charge >= 0.3 is 5.97 Å². The van der Waals surface area contributed by atoms with Gasteiger partial charge in [-0.3, -0.25) is 4.79 Å². The van der Waals surface area contributed by atoms with Gasteiger partial charge in [0.25, 0.3) is 0 Å². The molecule has 4 nitrogen and oxygen atoms in total. The fourth-order valence-electron chi connectivity index (χ4n) is 1.78. The molecule has 0 bridgehead atoms. The van der Waals surface area contributed by atoms with Crippen LogP contribution in [0.4, 0.5) is 0 Å². The molecular formula is C17H34O4. The van der Waals surface area contributed by atoms with E-state index in [-0.39, 0.29) is 5.97 Å². The summed E-state index contributed by atoms with van der Waals surface area (Å²) in [5, 5.41) is 0. The molecule has 21 heavy (non-hydrogen) atoms. The summed E-state index contributed by atoms with van der Waals surface area (Å²) in [4.78, 5) is 11.4. The third kappa shape index (κ3) is 15.6. The number of carbonyl (C=O) groups excluding carboxylic acids is 1. The van der Waals surface area contributed by atoms with Crippen molar-refractivity contribution in [3.05, 3.63) is 0 Å². The van der Waals surface area contributed by atoms with E-state index in [2.05, 4.69) is 20.8 Å². The lowest BCUT2D eigenvalue weighted by Gasteiger charge is -2.10. The highest BCUT2D eigenvalue weighted by atomic mass is 16.6. The van der Waals surface area contributed by atoms with Crippen molar-refractivity contribution in [1.82, 2.24) is 0 Å². The molecule has 0 aromatic carbocycles. The van der Waals surface area contributed by atoms with Crippen molar-refractivity contribution in [1.29, 1.82) is 0 Å². The van der Waals surface area contributed by atoms with Crippen molar-refractivity contribution in [2.45, 2.75) is 65.7 Å². The molecular weight excluding hydrogens is 268 g/mol. The molecule has 0 amide bonds. The lowest BCUT2D eigenvalue weighted by atomic mass is 10.1. The summed E-state index contributed by atoms with van der Waals surface area (Å²) in [7, 11) is 0. The van der Waals surface area contributed by atoms with Crippen LogP contribution in [0.1, 0.15) is 65.7 Å². The number of esters is 1. The Morgan fingerprint density at radius 1 is 0.905 bits per heavy atom. The molecule has 0 aliphatic heterocycles. The van der Waals surface area contributed by atoms with Crippen LogP contribution in [-0.4, -0.2) is 39.0 Å². The minimum atomic E-state index is -0.108. The fraction of sp³-hybridized carbons (Fsp3) is 0.941. The highest BCUT2D eigenvalue weighted by molar-refractivity contribution is 5.69. The van der Waals surface area contributed by atoms with Crippen molar-refractivity contribution < 1.29 is 19.0 Å². The Hall–Kier alpha value is -0.610. The molecule has 0 N–H and O–H groups in total. The topological polar surface area (TPSA) is 44.8 Å². The number of rotatable bonds is 15. The number of carbonyl (C=O) groups is 1. The molecule has 0 aromatic heterocycles. The van der Waals surface area contributed by atoms with Crippen LogP contribution in [0.25, 0.3) is 0 Å². The quantitative estimate of drug-likeness (QED) is 0.339. The SMILES string of the molecule is CCCCCCCC(=O)OCCOCCOCC(C)CC. The maximum atomic E-state index is 11.4. The maximum absolute atomic E-state index is 11.4. The van der Waals surface area contributed by atoms with Crippen LogP contribution < -0.4 is 0 Å². The normalized spacial score (nSPS) is 12.3. The molecule has 1 unspecified atom stereocenters. The molecule has 0 aliphatic rings. The second-order valence-electron chi connectivity index (χ2n) is 5.59. The number of ether oxygens (including phenoxy) is 3. The van der Waals surface area contributed by atoms with Gasteiger partial charge in [0, 0.05) is 13.0 Å². The van der Waals surface area contributed by atoms with Crippen LogP contribution in [0.15, 0.2) is 0 Å². The molecule has 0 saturated carbocycles. The number of unbranched alkanes of at least 4 members (excludes halogenated alkanes) is 4. The summed E-state index contributed by atoms with van der Waals surface area (Å²) in [6.45, 7) is 9.26. The summed E-state index contributed by atoms with van der Waals surface area (Å²) >= 11 is 0. The third-order valence-electron chi connectivity index (χ3n) is 3.45. The predicted octanol–water partition coefficient (Wildman–Crippen LogP) is 3.97. The first-order valence-corrected chi connectivity index (χ1v) is 8.51. The summed E-state index contributed by atoms with van der Waals surface area (Å²) < 4.78 is 15.9. The van der Waals surface area contributed by atoms with Gasteiger partial charge in [-0.15, -0.1) is 0 Å². The lowest BCUT2D eigenvalue weighted by Crippen LogP contribution is -2.14. The van der Waals surface area contributed by atoms with Crippen molar-refractivity contribution >= 4 is 5.97 Å². The first kappa shape index (κ1) is 20.4. The van der Waals surface area contributed by atoms with Gasteiger partial charge in [0.1, 0.15) is 6.61 Å². The summed E-state index contributed by atoms with van der Waals surface area (Å²) in [6, 6.07) is 0. The zero-order valence-corrected chi connectivity index (χ0v) is 14.2. The van der Waals surface area contributed by atoms with Crippen LogP contribution in [0.5, 0.6) is 0 Å². The van der Waals surface area contributed by atoms with E-state index < -0.39 is 0 Å². The van der Waals surface area contributed by atoms with Gasteiger partial charge in [-0.05, 0) is 12.3 Å². The number of hydrogen-bond donors (Lipinski definition) is 0. The molecule has 0 rings (SSSR count). The standard InChI is InChI=1S/C17H34O4/c1-4-6-7-8-9-10-17(18)21-14-13-19-11-12-20-15-16(3)5-2/h16H,4-15H2,1-3H3. The van der Waals surface area contributed by atoms with Gasteiger partial charge < -0.3 is 14.2 Å². The van der Waals surface area contributed by atoms with E-state index in [1.807, 2.05) is 0 Å². The molecule has 0 fully saturated rings.